The molecule has 0 radical (unpaired) electrons. The van der Waals surface area contributed by atoms with Crippen LogP contribution in [0.5, 0.6) is 5.75 Å². The van der Waals surface area contributed by atoms with E-state index in [0.717, 1.165) is 24.8 Å². The van der Waals surface area contributed by atoms with E-state index in [4.69, 9.17) is 0 Å². The summed E-state index contributed by atoms with van der Waals surface area (Å²) in [6, 6.07) is 7.45. The molecule has 3 atom stereocenters. The molecule has 1 aromatic rings. The third-order valence-corrected chi connectivity index (χ3v) is 4.13. The van der Waals surface area contributed by atoms with Gasteiger partial charge in [-0.3, -0.25) is 0 Å². The van der Waals surface area contributed by atoms with E-state index in [2.05, 4.69) is 10.1 Å². The van der Waals surface area contributed by atoms with E-state index in [9.17, 15) is 13.2 Å². The minimum atomic E-state index is -4.62. The van der Waals surface area contributed by atoms with Gasteiger partial charge in [-0.15, -0.1) is 13.2 Å². The molecule has 1 aromatic carbocycles. The van der Waals surface area contributed by atoms with Crippen molar-refractivity contribution in [3.05, 3.63) is 29.8 Å². The van der Waals surface area contributed by atoms with Gasteiger partial charge in [-0.05, 0) is 49.3 Å². The van der Waals surface area contributed by atoms with Gasteiger partial charge in [0.1, 0.15) is 5.75 Å². The molecule has 2 aliphatic rings. The molecule has 2 heterocycles. The number of rotatable bonds is 2. The van der Waals surface area contributed by atoms with Crippen molar-refractivity contribution < 1.29 is 17.9 Å². The first-order valence-electron chi connectivity index (χ1n) is 6.63. The van der Waals surface area contributed by atoms with Crippen molar-refractivity contribution in [2.45, 2.75) is 50.0 Å². The summed E-state index contributed by atoms with van der Waals surface area (Å²) in [5.41, 5.74) is 1.10. The molecule has 0 saturated carbocycles. The van der Waals surface area contributed by atoms with Crippen LogP contribution >= 0.6 is 0 Å². The van der Waals surface area contributed by atoms with Gasteiger partial charge in [-0.2, -0.15) is 0 Å². The van der Waals surface area contributed by atoms with Crippen LogP contribution in [-0.2, 0) is 0 Å². The van der Waals surface area contributed by atoms with E-state index in [1.165, 1.54) is 18.6 Å². The molecule has 3 rings (SSSR count). The van der Waals surface area contributed by atoms with Gasteiger partial charge in [-0.1, -0.05) is 12.1 Å². The predicted molar refractivity (Wildman–Crippen MR) is 65.0 cm³/mol. The minimum absolute atomic E-state index is 0.149. The van der Waals surface area contributed by atoms with E-state index in [0.29, 0.717) is 18.0 Å². The third kappa shape index (κ3) is 2.86. The van der Waals surface area contributed by atoms with E-state index in [-0.39, 0.29) is 5.75 Å². The Bertz CT molecular complexity index is 443. The molecule has 5 heteroatoms. The van der Waals surface area contributed by atoms with Gasteiger partial charge in [0.25, 0.3) is 0 Å². The topological polar surface area (TPSA) is 21.3 Å². The van der Waals surface area contributed by atoms with Crippen molar-refractivity contribution >= 4 is 0 Å². The maximum atomic E-state index is 12.1. The summed E-state index contributed by atoms with van der Waals surface area (Å²) < 4.78 is 40.1. The molecule has 2 fully saturated rings. The lowest BCUT2D eigenvalue weighted by Gasteiger charge is -2.30. The highest BCUT2D eigenvalue weighted by atomic mass is 19.4. The van der Waals surface area contributed by atoms with Gasteiger partial charge in [0.2, 0.25) is 0 Å². The molecular weight excluding hydrogens is 255 g/mol. The summed E-state index contributed by atoms with van der Waals surface area (Å²) >= 11 is 0. The Balaban J connectivity index is 1.72. The Morgan fingerprint density at radius 1 is 1.00 bits per heavy atom. The van der Waals surface area contributed by atoms with E-state index < -0.39 is 6.36 Å². The molecule has 0 aliphatic carbocycles. The first kappa shape index (κ1) is 12.8. The van der Waals surface area contributed by atoms with Crippen molar-refractivity contribution in [2.75, 3.05) is 0 Å². The number of fused-ring (bicyclic) bond motifs is 2. The summed E-state index contributed by atoms with van der Waals surface area (Å²) in [6.07, 6.45) is 0.0307. The summed E-state index contributed by atoms with van der Waals surface area (Å²) in [5, 5.41) is 3.58. The Kier molecular flexibility index (Phi) is 3.17. The number of hydrogen-bond donors (Lipinski definition) is 1. The zero-order chi connectivity index (χ0) is 13.5. The van der Waals surface area contributed by atoms with Crippen LogP contribution in [-0.4, -0.2) is 18.4 Å². The minimum Gasteiger partial charge on any atom is -0.406 e. The molecule has 0 amide bonds. The van der Waals surface area contributed by atoms with Gasteiger partial charge < -0.3 is 10.1 Å². The molecule has 19 heavy (non-hydrogen) atoms. The number of piperidine rings is 1. The van der Waals surface area contributed by atoms with Gasteiger partial charge in [-0.25, -0.2) is 0 Å². The highest BCUT2D eigenvalue weighted by Gasteiger charge is 2.36. The first-order chi connectivity index (χ1) is 9.01. The number of nitrogens with one attached hydrogen (secondary N) is 1. The fraction of sp³-hybridized carbons (Fsp3) is 0.571. The third-order valence-electron chi connectivity index (χ3n) is 4.13. The highest BCUT2D eigenvalue weighted by Crippen LogP contribution is 2.38. The zero-order valence-electron chi connectivity index (χ0n) is 10.4. The van der Waals surface area contributed by atoms with Crippen molar-refractivity contribution in [1.29, 1.82) is 0 Å². The van der Waals surface area contributed by atoms with Gasteiger partial charge >= 0.3 is 6.36 Å². The number of benzene rings is 1. The second-order valence-electron chi connectivity index (χ2n) is 5.35. The molecule has 1 N–H and O–H groups in total. The average Bonchev–Trinajstić information content (AvgIpc) is 2.71. The summed E-state index contributed by atoms with van der Waals surface area (Å²) in [7, 11) is 0. The smallest absolute Gasteiger partial charge is 0.406 e. The van der Waals surface area contributed by atoms with Crippen LogP contribution in [0, 0.1) is 0 Å². The van der Waals surface area contributed by atoms with E-state index in [1.54, 1.807) is 12.1 Å². The second kappa shape index (κ2) is 4.71. The molecule has 2 bridgehead atoms. The largest absolute Gasteiger partial charge is 0.573 e. The van der Waals surface area contributed by atoms with Crippen molar-refractivity contribution in [3.8, 4) is 5.75 Å². The van der Waals surface area contributed by atoms with Crippen molar-refractivity contribution in [1.82, 2.24) is 5.32 Å². The Labute approximate surface area is 109 Å². The molecular formula is C14H16F3NO. The van der Waals surface area contributed by atoms with Crippen LogP contribution in [0.15, 0.2) is 24.3 Å². The highest BCUT2D eigenvalue weighted by molar-refractivity contribution is 5.31. The van der Waals surface area contributed by atoms with Crippen LogP contribution in [0.3, 0.4) is 0 Å². The van der Waals surface area contributed by atoms with Crippen molar-refractivity contribution in [2.24, 2.45) is 0 Å². The average molecular weight is 271 g/mol. The quantitative estimate of drug-likeness (QED) is 0.887. The SMILES string of the molecule is FC(F)(F)Oc1ccc(C2CCC3CCC2N3)cc1. The number of halogens is 3. The lowest BCUT2D eigenvalue weighted by atomic mass is 9.86. The molecule has 0 spiro atoms. The number of alkyl halides is 3. The lowest BCUT2D eigenvalue weighted by molar-refractivity contribution is -0.274. The maximum absolute atomic E-state index is 12.1. The van der Waals surface area contributed by atoms with Gasteiger partial charge in [0.05, 0.1) is 0 Å². The van der Waals surface area contributed by atoms with Crippen LogP contribution < -0.4 is 10.1 Å². The Morgan fingerprint density at radius 2 is 1.68 bits per heavy atom. The fourth-order valence-corrected chi connectivity index (χ4v) is 3.29. The summed E-state index contributed by atoms with van der Waals surface area (Å²) in [4.78, 5) is 0. The van der Waals surface area contributed by atoms with E-state index >= 15 is 0 Å². The Hall–Kier alpha value is -1.23. The van der Waals surface area contributed by atoms with Crippen LogP contribution in [0.25, 0.3) is 0 Å². The zero-order valence-corrected chi connectivity index (χ0v) is 10.4. The molecule has 0 aromatic heterocycles. The van der Waals surface area contributed by atoms with Crippen LogP contribution in [0.2, 0.25) is 0 Å². The van der Waals surface area contributed by atoms with Crippen LogP contribution in [0.4, 0.5) is 13.2 Å². The molecule has 2 saturated heterocycles. The number of hydrogen-bond acceptors (Lipinski definition) is 2. The number of ether oxygens (including phenoxy) is 1. The maximum Gasteiger partial charge on any atom is 0.573 e. The predicted octanol–water partition coefficient (Wildman–Crippen LogP) is 3.58. The summed E-state index contributed by atoms with van der Waals surface area (Å²) in [6.45, 7) is 0. The monoisotopic (exact) mass is 271 g/mol. The lowest BCUT2D eigenvalue weighted by Crippen LogP contribution is -2.38. The van der Waals surface area contributed by atoms with Crippen LogP contribution in [0.1, 0.15) is 37.2 Å². The summed E-state index contributed by atoms with van der Waals surface area (Å²) in [5.74, 6) is 0.267. The second-order valence-corrected chi connectivity index (χ2v) is 5.35. The molecule has 2 nitrogen and oxygen atoms in total. The van der Waals surface area contributed by atoms with Gasteiger partial charge in [0, 0.05) is 12.1 Å². The van der Waals surface area contributed by atoms with Crippen molar-refractivity contribution in [3.63, 3.8) is 0 Å². The molecule has 3 unspecified atom stereocenters. The normalized spacial score (nSPS) is 30.4. The van der Waals surface area contributed by atoms with Gasteiger partial charge in [0.15, 0.2) is 0 Å². The Morgan fingerprint density at radius 3 is 2.37 bits per heavy atom. The molecule has 104 valence electrons. The van der Waals surface area contributed by atoms with E-state index in [1.807, 2.05) is 0 Å². The standard InChI is InChI=1S/C14H16F3NO/c15-14(16,17)19-11-5-1-9(2-6-11)12-7-3-10-4-8-13(12)18-10/h1-2,5-6,10,12-13,18H,3-4,7-8H2. The first-order valence-corrected chi connectivity index (χ1v) is 6.63. The molecule has 2 aliphatic heterocycles. The fourth-order valence-electron chi connectivity index (χ4n) is 3.29.